The third-order valence-electron chi connectivity index (χ3n) is 3.80. The van der Waals surface area contributed by atoms with Crippen LogP contribution in [-0.4, -0.2) is 4.98 Å². The van der Waals surface area contributed by atoms with Gasteiger partial charge >= 0.3 is 0 Å². The van der Waals surface area contributed by atoms with Crippen LogP contribution in [0.3, 0.4) is 0 Å². The van der Waals surface area contributed by atoms with E-state index in [2.05, 4.69) is 55.2 Å². The van der Waals surface area contributed by atoms with Crippen molar-refractivity contribution < 1.29 is 0 Å². The molecule has 2 aromatic rings. The molecule has 2 rings (SSSR count). The van der Waals surface area contributed by atoms with Crippen molar-refractivity contribution in [1.82, 2.24) is 4.98 Å². The molecule has 0 aliphatic carbocycles. The van der Waals surface area contributed by atoms with Crippen molar-refractivity contribution in [3.05, 3.63) is 53.7 Å². The third-order valence-corrected chi connectivity index (χ3v) is 3.80. The summed E-state index contributed by atoms with van der Waals surface area (Å²) in [5.74, 6) is 0. The van der Waals surface area contributed by atoms with E-state index in [9.17, 15) is 0 Å². The normalized spacial score (nSPS) is 10.7. The quantitative estimate of drug-likeness (QED) is 0.609. The van der Waals surface area contributed by atoms with Crippen molar-refractivity contribution in [3.63, 3.8) is 0 Å². The second-order valence-corrected chi connectivity index (χ2v) is 5.41. The van der Waals surface area contributed by atoms with Crippen LogP contribution in [0.5, 0.6) is 0 Å². The van der Waals surface area contributed by atoms with Gasteiger partial charge in [-0.25, -0.2) is 0 Å². The van der Waals surface area contributed by atoms with Gasteiger partial charge in [-0.1, -0.05) is 63.4 Å². The molecule has 20 heavy (non-hydrogen) atoms. The molecule has 0 bridgehead atoms. The highest BCUT2D eigenvalue weighted by Gasteiger charge is 2.00. The van der Waals surface area contributed by atoms with Crippen molar-refractivity contribution in [2.45, 2.75) is 52.4 Å². The Kier molecular flexibility index (Phi) is 5.79. The maximum atomic E-state index is 4.60. The number of benzene rings is 1. The van der Waals surface area contributed by atoms with Crippen LogP contribution in [0.1, 0.15) is 50.7 Å². The molecule has 0 spiro atoms. The van der Waals surface area contributed by atoms with Gasteiger partial charge < -0.3 is 0 Å². The van der Waals surface area contributed by atoms with Gasteiger partial charge in [0.2, 0.25) is 0 Å². The van der Waals surface area contributed by atoms with Crippen LogP contribution < -0.4 is 0 Å². The van der Waals surface area contributed by atoms with E-state index in [1.165, 1.54) is 42.4 Å². The fraction of sp³-hybridized carbons (Fsp3) is 0.421. The Morgan fingerprint density at radius 3 is 2.15 bits per heavy atom. The molecular formula is C19H25N. The molecule has 0 saturated carbocycles. The third kappa shape index (κ3) is 4.19. The lowest BCUT2D eigenvalue weighted by molar-refractivity contribution is 0.666. The number of aryl methyl sites for hydroxylation is 2. The summed E-state index contributed by atoms with van der Waals surface area (Å²) in [6, 6.07) is 13.1. The lowest BCUT2D eigenvalue weighted by atomic mass is 10.0. The molecule has 1 aromatic heterocycles. The van der Waals surface area contributed by atoms with Gasteiger partial charge in [0.25, 0.3) is 0 Å². The lowest BCUT2D eigenvalue weighted by Gasteiger charge is -2.05. The first-order valence-corrected chi connectivity index (χ1v) is 7.87. The van der Waals surface area contributed by atoms with Crippen molar-refractivity contribution in [3.8, 4) is 11.3 Å². The molecule has 0 N–H and O–H groups in total. The lowest BCUT2D eigenvalue weighted by Crippen LogP contribution is -1.90. The van der Waals surface area contributed by atoms with E-state index in [1.54, 1.807) is 0 Å². The van der Waals surface area contributed by atoms with E-state index in [4.69, 9.17) is 0 Å². The summed E-state index contributed by atoms with van der Waals surface area (Å²) in [6.07, 6.45) is 9.53. The summed E-state index contributed by atoms with van der Waals surface area (Å²) in [5.41, 5.74) is 5.01. The molecule has 0 saturated heterocycles. The molecule has 0 fully saturated rings. The molecule has 1 heterocycles. The summed E-state index contributed by atoms with van der Waals surface area (Å²) >= 11 is 0. The van der Waals surface area contributed by atoms with Crippen LogP contribution in [-0.2, 0) is 12.8 Å². The van der Waals surface area contributed by atoms with Crippen LogP contribution in [0.4, 0.5) is 0 Å². The molecular weight excluding hydrogens is 242 g/mol. The average Bonchev–Trinajstić information content (AvgIpc) is 2.52. The zero-order chi connectivity index (χ0) is 14.2. The van der Waals surface area contributed by atoms with Gasteiger partial charge in [0, 0.05) is 11.8 Å². The highest BCUT2D eigenvalue weighted by molar-refractivity contribution is 5.59. The number of hydrogen-bond acceptors (Lipinski definition) is 1. The molecule has 0 aliphatic rings. The van der Waals surface area contributed by atoms with E-state index in [0.29, 0.717) is 0 Å². The number of nitrogens with zero attached hydrogens (tertiary/aromatic N) is 1. The Labute approximate surface area is 123 Å². The Morgan fingerprint density at radius 1 is 0.800 bits per heavy atom. The standard InChI is InChI=1S/C19H25N/c1-3-5-6-7-8-17-11-14-19(20-15-17)18-12-9-16(4-2)10-13-18/h9-15H,3-8H2,1-2H3. The fourth-order valence-corrected chi connectivity index (χ4v) is 2.41. The Hall–Kier alpha value is -1.63. The van der Waals surface area contributed by atoms with Gasteiger partial charge in [0.1, 0.15) is 0 Å². The zero-order valence-electron chi connectivity index (χ0n) is 12.7. The molecule has 106 valence electrons. The summed E-state index contributed by atoms with van der Waals surface area (Å²) in [7, 11) is 0. The number of pyridine rings is 1. The van der Waals surface area contributed by atoms with Crippen molar-refractivity contribution >= 4 is 0 Å². The fourth-order valence-electron chi connectivity index (χ4n) is 2.41. The Bertz CT molecular complexity index is 496. The molecule has 1 aromatic carbocycles. The number of hydrogen-bond donors (Lipinski definition) is 0. The molecule has 0 unspecified atom stereocenters. The van der Waals surface area contributed by atoms with Gasteiger partial charge in [-0.15, -0.1) is 0 Å². The van der Waals surface area contributed by atoms with E-state index in [1.807, 2.05) is 6.20 Å². The van der Waals surface area contributed by atoms with Crippen LogP contribution in [0.25, 0.3) is 11.3 Å². The Morgan fingerprint density at radius 2 is 1.55 bits per heavy atom. The van der Waals surface area contributed by atoms with Gasteiger partial charge in [-0.3, -0.25) is 4.98 Å². The van der Waals surface area contributed by atoms with Crippen molar-refractivity contribution in [1.29, 1.82) is 0 Å². The number of rotatable bonds is 7. The van der Waals surface area contributed by atoms with Crippen LogP contribution in [0.2, 0.25) is 0 Å². The number of unbranched alkanes of at least 4 members (excludes halogenated alkanes) is 3. The monoisotopic (exact) mass is 267 g/mol. The summed E-state index contributed by atoms with van der Waals surface area (Å²) in [6.45, 7) is 4.43. The minimum Gasteiger partial charge on any atom is -0.256 e. The number of aromatic nitrogens is 1. The average molecular weight is 267 g/mol. The van der Waals surface area contributed by atoms with E-state index >= 15 is 0 Å². The minimum absolute atomic E-state index is 1.07. The van der Waals surface area contributed by atoms with E-state index < -0.39 is 0 Å². The van der Waals surface area contributed by atoms with Crippen LogP contribution in [0, 0.1) is 0 Å². The molecule has 0 aliphatic heterocycles. The van der Waals surface area contributed by atoms with Gasteiger partial charge in [0.05, 0.1) is 5.69 Å². The summed E-state index contributed by atoms with van der Waals surface area (Å²) in [4.78, 5) is 4.60. The predicted molar refractivity (Wildman–Crippen MR) is 86.9 cm³/mol. The highest BCUT2D eigenvalue weighted by atomic mass is 14.7. The molecule has 0 amide bonds. The molecule has 1 nitrogen and oxygen atoms in total. The van der Waals surface area contributed by atoms with Gasteiger partial charge in [-0.05, 0) is 36.5 Å². The second kappa shape index (κ2) is 7.84. The van der Waals surface area contributed by atoms with Crippen molar-refractivity contribution in [2.75, 3.05) is 0 Å². The Balaban J connectivity index is 1.96. The molecule has 0 atom stereocenters. The molecule has 0 radical (unpaired) electrons. The second-order valence-electron chi connectivity index (χ2n) is 5.41. The largest absolute Gasteiger partial charge is 0.256 e. The topological polar surface area (TPSA) is 12.9 Å². The van der Waals surface area contributed by atoms with Crippen molar-refractivity contribution in [2.24, 2.45) is 0 Å². The maximum absolute atomic E-state index is 4.60. The summed E-state index contributed by atoms with van der Waals surface area (Å²) < 4.78 is 0. The van der Waals surface area contributed by atoms with Gasteiger partial charge in [-0.2, -0.15) is 0 Å². The van der Waals surface area contributed by atoms with Gasteiger partial charge in [0.15, 0.2) is 0 Å². The van der Waals surface area contributed by atoms with Crippen LogP contribution >= 0.6 is 0 Å². The maximum Gasteiger partial charge on any atom is 0.0702 e. The zero-order valence-corrected chi connectivity index (χ0v) is 12.7. The van der Waals surface area contributed by atoms with Crippen LogP contribution in [0.15, 0.2) is 42.6 Å². The SMILES string of the molecule is CCCCCCc1ccc(-c2ccc(CC)cc2)nc1. The minimum atomic E-state index is 1.07. The smallest absolute Gasteiger partial charge is 0.0702 e. The van der Waals surface area contributed by atoms with E-state index in [-0.39, 0.29) is 0 Å². The molecule has 1 heteroatoms. The summed E-state index contributed by atoms with van der Waals surface area (Å²) in [5, 5.41) is 0. The first-order valence-electron chi connectivity index (χ1n) is 7.87. The first kappa shape index (κ1) is 14.8. The predicted octanol–water partition coefficient (Wildman–Crippen LogP) is 5.43. The highest BCUT2D eigenvalue weighted by Crippen LogP contribution is 2.18. The first-order chi connectivity index (χ1) is 9.83. The van der Waals surface area contributed by atoms with E-state index in [0.717, 1.165) is 18.5 Å².